The first-order valence-electron chi connectivity index (χ1n) is 7.06. The fourth-order valence-electron chi connectivity index (χ4n) is 2.62. The molecule has 1 unspecified atom stereocenters. The number of benzene rings is 1. The highest BCUT2D eigenvalue weighted by Crippen LogP contribution is 2.25. The van der Waals surface area contributed by atoms with Gasteiger partial charge in [0, 0.05) is 30.9 Å². The minimum atomic E-state index is -0.302. The molecule has 1 N–H and O–H groups in total. The monoisotopic (exact) mass is 266 g/mol. The zero-order valence-corrected chi connectivity index (χ0v) is 11.8. The van der Waals surface area contributed by atoms with Crippen LogP contribution in [0.3, 0.4) is 0 Å². The molecule has 1 aliphatic heterocycles. The van der Waals surface area contributed by atoms with Crippen LogP contribution < -0.4 is 15.0 Å². The molecule has 0 radical (unpaired) electrons. The zero-order chi connectivity index (χ0) is 13.7. The molecule has 2 rings (SSSR count). The summed E-state index contributed by atoms with van der Waals surface area (Å²) in [5, 5.41) is 3.58. The molecule has 1 saturated heterocycles. The number of halogens is 1. The van der Waals surface area contributed by atoms with E-state index in [-0.39, 0.29) is 5.82 Å². The molecule has 106 valence electrons. The van der Waals surface area contributed by atoms with Gasteiger partial charge in [0.05, 0.1) is 7.11 Å². The highest BCUT2D eigenvalue weighted by molar-refractivity contribution is 5.51. The summed E-state index contributed by atoms with van der Waals surface area (Å²) in [4.78, 5) is 2.32. The van der Waals surface area contributed by atoms with E-state index in [1.54, 1.807) is 6.07 Å². The van der Waals surface area contributed by atoms with Gasteiger partial charge in [-0.25, -0.2) is 4.39 Å². The third-order valence-corrected chi connectivity index (χ3v) is 3.62. The quantitative estimate of drug-likeness (QED) is 0.907. The van der Waals surface area contributed by atoms with E-state index in [9.17, 15) is 4.39 Å². The second-order valence-corrected chi connectivity index (χ2v) is 5.06. The maximum Gasteiger partial charge on any atom is 0.165 e. The summed E-state index contributed by atoms with van der Waals surface area (Å²) in [6, 6.07) is 5.64. The summed E-state index contributed by atoms with van der Waals surface area (Å²) in [6.07, 6.45) is 3.47. The lowest BCUT2D eigenvalue weighted by Crippen LogP contribution is -2.37. The highest BCUT2D eigenvalue weighted by Gasteiger charge is 2.18. The highest BCUT2D eigenvalue weighted by atomic mass is 19.1. The average molecular weight is 266 g/mol. The Hall–Kier alpha value is -1.29. The predicted molar refractivity (Wildman–Crippen MR) is 76.5 cm³/mol. The Morgan fingerprint density at radius 2 is 2.32 bits per heavy atom. The molecule has 0 aromatic heterocycles. The first-order valence-corrected chi connectivity index (χ1v) is 7.06. The summed E-state index contributed by atoms with van der Waals surface area (Å²) >= 11 is 0. The molecule has 0 aliphatic carbocycles. The van der Waals surface area contributed by atoms with Crippen LogP contribution in [0.25, 0.3) is 0 Å². The topological polar surface area (TPSA) is 24.5 Å². The van der Waals surface area contributed by atoms with Crippen LogP contribution in [-0.4, -0.2) is 32.8 Å². The van der Waals surface area contributed by atoms with Gasteiger partial charge in [-0.15, -0.1) is 0 Å². The molecule has 1 aromatic rings. The molecule has 1 aromatic carbocycles. The smallest absolute Gasteiger partial charge is 0.165 e. The van der Waals surface area contributed by atoms with E-state index in [0.717, 1.165) is 31.7 Å². The van der Waals surface area contributed by atoms with Crippen LogP contribution in [0.2, 0.25) is 0 Å². The molecule has 1 heterocycles. The maximum atomic E-state index is 13.5. The lowest BCUT2D eigenvalue weighted by atomic mass is 10.1. The van der Waals surface area contributed by atoms with Gasteiger partial charge in [0.2, 0.25) is 0 Å². The number of hydrogen-bond donors (Lipinski definition) is 1. The predicted octanol–water partition coefficient (Wildman–Crippen LogP) is 2.80. The molecule has 4 heteroatoms. The molecular weight excluding hydrogens is 243 g/mol. The van der Waals surface area contributed by atoms with Gasteiger partial charge in [-0.05, 0) is 31.5 Å². The molecule has 1 fully saturated rings. The van der Waals surface area contributed by atoms with Crippen LogP contribution in [0.1, 0.15) is 26.2 Å². The molecule has 0 saturated carbocycles. The van der Waals surface area contributed by atoms with Crippen molar-refractivity contribution in [2.75, 3.05) is 31.6 Å². The largest absolute Gasteiger partial charge is 0.494 e. The van der Waals surface area contributed by atoms with E-state index < -0.39 is 0 Å². The zero-order valence-electron chi connectivity index (χ0n) is 11.8. The number of anilines is 1. The van der Waals surface area contributed by atoms with Crippen molar-refractivity contribution in [2.45, 2.75) is 32.2 Å². The van der Waals surface area contributed by atoms with Gasteiger partial charge in [-0.1, -0.05) is 13.3 Å². The first-order chi connectivity index (χ1) is 9.24. The van der Waals surface area contributed by atoms with Gasteiger partial charge in [-0.2, -0.15) is 0 Å². The Morgan fingerprint density at radius 1 is 1.47 bits per heavy atom. The normalized spacial score (nSPS) is 20.2. The van der Waals surface area contributed by atoms with E-state index in [1.165, 1.54) is 26.0 Å². The Bertz CT molecular complexity index is 411. The van der Waals surface area contributed by atoms with Crippen molar-refractivity contribution >= 4 is 5.69 Å². The van der Waals surface area contributed by atoms with Crippen LogP contribution >= 0.6 is 0 Å². The Morgan fingerprint density at radius 3 is 3.05 bits per heavy atom. The molecule has 0 amide bonds. The number of hydrogen-bond acceptors (Lipinski definition) is 3. The van der Waals surface area contributed by atoms with Crippen molar-refractivity contribution in [2.24, 2.45) is 0 Å². The fraction of sp³-hybridized carbons (Fsp3) is 0.600. The SMILES string of the molecule is CCCC1CN(c2ccc(F)c(OC)c2)CCCN1. The van der Waals surface area contributed by atoms with Crippen molar-refractivity contribution in [3.63, 3.8) is 0 Å². The standard InChI is InChI=1S/C15H23FN2O/c1-3-5-12-11-18(9-4-8-17-12)13-6-7-14(16)15(10-13)19-2/h6-7,10,12,17H,3-5,8-9,11H2,1-2H3. The summed E-state index contributed by atoms with van der Waals surface area (Å²) in [5.74, 6) is 0.0195. The Labute approximate surface area is 114 Å². The second kappa shape index (κ2) is 6.75. The van der Waals surface area contributed by atoms with Crippen molar-refractivity contribution in [3.8, 4) is 5.75 Å². The van der Waals surface area contributed by atoms with Crippen LogP contribution in [0, 0.1) is 5.82 Å². The summed E-state index contributed by atoms with van der Waals surface area (Å²) in [5.41, 5.74) is 1.04. The number of rotatable bonds is 4. The van der Waals surface area contributed by atoms with Crippen LogP contribution in [0.4, 0.5) is 10.1 Å². The summed E-state index contributed by atoms with van der Waals surface area (Å²) < 4.78 is 18.5. The van der Waals surface area contributed by atoms with Gasteiger partial charge in [0.1, 0.15) is 0 Å². The lowest BCUT2D eigenvalue weighted by molar-refractivity contribution is 0.386. The number of methoxy groups -OCH3 is 1. The van der Waals surface area contributed by atoms with Crippen LogP contribution in [0.5, 0.6) is 5.75 Å². The average Bonchev–Trinajstić information content (AvgIpc) is 2.65. The van der Waals surface area contributed by atoms with Crippen molar-refractivity contribution in [1.82, 2.24) is 5.32 Å². The van der Waals surface area contributed by atoms with Gasteiger partial charge >= 0.3 is 0 Å². The lowest BCUT2D eigenvalue weighted by Gasteiger charge is -2.26. The van der Waals surface area contributed by atoms with E-state index in [1.807, 2.05) is 6.07 Å². The minimum absolute atomic E-state index is 0.302. The third-order valence-electron chi connectivity index (χ3n) is 3.62. The van der Waals surface area contributed by atoms with E-state index in [4.69, 9.17) is 4.74 Å². The summed E-state index contributed by atoms with van der Waals surface area (Å²) in [7, 11) is 1.51. The van der Waals surface area contributed by atoms with Gasteiger partial charge in [-0.3, -0.25) is 0 Å². The number of nitrogens with zero attached hydrogens (tertiary/aromatic N) is 1. The van der Waals surface area contributed by atoms with Crippen molar-refractivity contribution in [1.29, 1.82) is 0 Å². The van der Waals surface area contributed by atoms with E-state index in [0.29, 0.717) is 11.8 Å². The number of nitrogens with one attached hydrogen (secondary N) is 1. The first kappa shape index (κ1) is 14.1. The molecule has 0 spiro atoms. The van der Waals surface area contributed by atoms with E-state index in [2.05, 4.69) is 17.1 Å². The second-order valence-electron chi connectivity index (χ2n) is 5.06. The fourth-order valence-corrected chi connectivity index (χ4v) is 2.62. The van der Waals surface area contributed by atoms with Gasteiger partial charge in [0.15, 0.2) is 11.6 Å². The minimum Gasteiger partial charge on any atom is -0.494 e. The van der Waals surface area contributed by atoms with E-state index >= 15 is 0 Å². The molecule has 1 atom stereocenters. The molecule has 1 aliphatic rings. The molecular formula is C15H23FN2O. The summed E-state index contributed by atoms with van der Waals surface area (Å²) in [6.45, 7) is 5.24. The van der Waals surface area contributed by atoms with Crippen LogP contribution in [0.15, 0.2) is 18.2 Å². The molecule has 19 heavy (non-hydrogen) atoms. The molecule has 3 nitrogen and oxygen atoms in total. The van der Waals surface area contributed by atoms with Gasteiger partial charge in [0.25, 0.3) is 0 Å². The maximum absolute atomic E-state index is 13.5. The number of ether oxygens (including phenoxy) is 1. The van der Waals surface area contributed by atoms with Crippen LogP contribution in [-0.2, 0) is 0 Å². The van der Waals surface area contributed by atoms with Crippen molar-refractivity contribution < 1.29 is 9.13 Å². The molecule has 0 bridgehead atoms. The van der Waals surface area contributed by atoms with Crippen molar-refractivity contribution in [3.05, 3.63) is 24.0 Å². The Kier molecular flexibility index (Phi) is 5.02. The Balaban J connectivity index is 2.14. The van der Waals surface area contributed by atoms with Gasteiger partial charge < -0.3 is 15.0 Å². The third kappa shape index (κ3) is 3.60.